The van der Waals surface area contributed by atoms with E-state index in [1.54, 1.807) is 18.2 Å². The Bertz CT molecular complexity index is 826. The Morgan fingerprint density at radius 2 is 1.90 bits per heavy atom. The Labute approximate surface area is 138 Å². The molecule has 0 fully saturated rings. The molecular weight excluding hydrogens is 379 g/mol. The lowest BCUT2D eigenvalue weighted by Gasteiger charge is -2.04. The minimum Gasteiger partial charge on any atom is -0.288 e. The number of carbonyl (C=O) groups is 1. The van der Waals surface area contributed by atoms with Crippen LogP contribution in [0.2, 0.25) is 10.0 Å². The highest BCUT2D eigenvalue weighted by Crippen LogP contribution is 2.34. The van der Waals surface area contributed by atoms with E-state index in [-0.39, 0.29) is 5.78 Å². The van der Waals surface area contributed by atoms with Crippen molar-refractivity contribution >= 4 is 66.3 Å². The molecule has 0 saturated heterocycles. The van der Waals surface area contributed by atoms with Gasteiger partial charge in [0.05, 0.1) is 5.02 Å². The Morgan fingerprint density at radius 3 is 2.70 bits per heavy atom. The molecule has 0 unspecified atom stereocenters. The van der Waals surface area contributed by atoms with Crippen molar-refractivity contribution in [1.29, 1.82) is 0 Å². The van der Waals surface area contributed by atoms with Crippen molar-refractivity contribution in [2.24, 2.45) is 0 Å². The average Bonchev–Trinajstić information content (AvgIpc) is 2.86. The molecule has 0 amide bonds. The number of benzene rings is 2. The van der Waals surface area contributed by atoms with Crippen LogP contribution in [0.1, 0.15) is 15.9 Å². The van der Waals surface area contributed by atoms with Crippen molar-refractivity contribution in [1.82, 2.24) is 0 Å². The lowest BCUT2D eigenvalue weighted by atomic mass is 10.0. The Balaban J connectivity index is 2.18. The second-order valence-corrected chi connectivity index (χ2v) is 6.80. The summed E-state index contributed by atoms with van der Waals surface area (Å²) in [6, 6.07) is 10.7. The molecule has 1 heterocycles. The molecule has 1 nitrogen and oxygen atoms in total. The van der Waals surface area contributed by atoms with Gasteiger partial charge >= 0.3 is 0 Å². The number of carbonyl (C=O) groups excluding carboxylic acids is 1. The fourth-order valence-electron chi connectivity index (χ4n) is 2.01. The number of halogens is 3. The maximum Gasteiger partial charge on any atom is 0.196 e. The molecule has 0 bridgehead atoms. The monoisotopic (exact) mass is 384 g/mol. The number of rotatable bonds is 2. The van der Waals surface area contributed by atoms with E-state index in [2.05, 4.69) is 15.9 Å². The van der Waals surface area contributed by atoms with E-state index >= 15 is 0 Å². The molecule has 0 radical (unpaired) electrons. The molecule has 3 rings (SSSR count). The summed E-state index contributed by atoms with van der Waals surface area (Å²) >= 11 is 17.1. The van der Waals surface area contributed by atoms with Gasteiger partial charge in [-0.15, -0.1) is 11.3 Å². The Kier molecular flexibility index (Phi) is 3.87. The SMILES string of the molecule is O=C(c1cc(Cl)ccc1Cl)c1csc2c(Br)cccc12. The summed E-state index contributed by atoms with van der Waals surface area (Å²) in [6.07, 6.45) is 0. The quantitative estimate of drug-likeness (QED) is 0.480. The molecule has 3 aromatic rings. The molecule has 0 aliphatic heterocycles. The summed E-state index contributed by atoms with van der Waals surface area (Å²) in [5.74, 6) is -0.109. The molecule has 0 N–H and O–H groups in total. The van der Waals surface area contributed by atoms with Crippen molar-refractivity contribution in [3.63, 3.8) is 0 Å². The maximum atomic E-state index is 12.7. The lowest BCUT2D eigenvalue weighted by molar-refractivity contribution is 0.104. The van der Waals surface area contributed by atoms with Crippen molar-refractivity contribution in [2.75, 3.05) is 0 Å². The zero-order valence-corrected chi connectivity index (χ0v) is 13.9. The molecule has 1 aromatic heterocycles. The Hall–Kier alpha value is -0.870. The first kappa shape index (κ1) is 14.1. The van der Waals surface area contributed by atoms with Gasteiger partial charge in [-0.2, -0.15) is 0 Å². The normalized spacial score (nSPS) is 10.9. The van der Waals surface area contributed by atoms with E-state index in [0.717, 1.165) is 14.6 Å². The summed E-state index contributed by atoms with van der Waals surface area (Å²) in [6.45, 7) is 0. The zero-order chi connectivity index (χ0) is 14.3. The summed E-state index contributed by atoms with van der Waals surface area (Å²) in [5.41, 5.74) is 1.08. The topological polar surface area (TPSA) is 17.1 Å². The molecule has 0 aliphatic carbocycles. The smallest absolute Gasteiger partial charge is 0.196 e. The molecule has 2 aromatic carbocycles. The first-order chi connectivity index (χ1) is 9.58. The summed E-state index contributed by atoms with van der Waals surface area (Å²) in [4.78, 5) is 12.7. The van der Waals surface area contributed by atoms with Gasteiger partial charge in [0, 0.05) is 36.1 Å². The molecule has 0 aliphatic rings. The highest BCUT2D eigenvalue weighted by molar-refractivity contribution is 9.10. The van der Waals surface area contributed by atoms with E-state index in [9.17, 15) is 4.79 Å². The summed E-state index contributed by atoms with van der Waals surface area (Å²) in [5, 5.41) is 3.69. The predicted molar refractivity (Wildman–Crippen MR) is 89.4 cm³/mol. The van der Waals surface area contributed by atoms with Crippen LogP contribution in [-0.4, -0.2) is 5.78 Å². The van der Waals surface area contributed by atoms with Crippen LogP contribution in [0.3, 0.4) is 0 Å². The third-order valence-corrected chi connectivity index (χ3v) is 5.49. The largest absolute Gasteiger partial charge is 0.288 e. The fraction of sp³-hybridized carbons (Fsp3) is 0. The predicted octanol–water partition coefficient (Wildman–Crippen LogP) is 6.20. The maximum absolute atomic E-state index is 12.7. The third-order valence-electron chi connectivity index (χ3n) is 2.97. The van der Waals surface area contributed by atoms with Crippen LogP contribution in [0.4, 0.5) is 0 Å². The standard InChI is InChI=1S/C15H7BrCl2OS/c16-12-3-1-2-9-11(7-20-15(9)12)14(19)10-6-8(17)4-5-13(10)18/h1-7H. The first-order valence-corrected chi connectivity index (χ1v) is 8.16. The third kappa shape index (κ3) is 2.40. The Morgan fingerprint density at radius 1 is 1.10 bits per heavy atom. The zero-order valence-electron chi connectivity index (χ0n) is 9.99. The van der Waals surface area contributed by atoms with Gasteiger partial charge < -0.3 is 0 Å². The van der Waals surface area contributed by atoms with Crippen LogP contribution in [0, 0.1) is 0 Å². The number of hydrogen-bond donors (Lipinski definition) is 0. The minimum atomic E-state index is -0.109. The lowest BCUT2D eigenvalue weighted by Crippen LogP contribution is -2.01. The van der Waals surface area contributed by atoms with E-state index in [0.29, 0.717) is 21.2 Å². The highest BCUT2D eigenvalue weighted by Gasteiger charge is 2.18. The van der Waals surface area contributed by atoms with Crippen LogP contribution in [0.15, 0.2) is 46.3 Å². The summed E-state index contributed by atoms with van der Waals surface area (Å²) < 4.78 is 2.03. The molecule has 0 atom stereocenters. The fourth-order valence-corrected chi connectivity index (χ4v) is 3.99. The van der Waals surface area contributed by atoms with Crippen LogP contribution in [0.5, 0.6) is 0 Å². The van der Waals surface area contributed by atoms with Gasteiger partial charge in [-0.1, -0.05) is 35.3 Å². The second kappa shape index (κ2) is 5.49. The van der Waals surface area contributed by atoms with Crippen LogP contribution in [0.25, 0.3) is 10.1 Å². The van der Waals surface area contributed by atoms with Gasteiger partial charge in [0.2, 0.25) is 0 Å². The van der Waals surface area contributed by atoms with E-state index in [4.69, 9.17) is 23.2 Å². The molecule has 100 valence electrons. The van der Waals surface area contributed by atoms with Gasteiger partial charge in [0.1, 0.15) is 0 Å². The van der Waals surface area contributed by atoms with Gasteiger partial charge in [-0.05, 0) is 40.2 Å². The summed E-state index contributed by atoms with van der Waals surface area (Å²) in [7, 11) is 0. The van der Waals surface area contributed by atoms with Gasteiger partial charge in [-0.25, -0.2) is 0 Å². The van der Waals surface area contributed by atoms with Crippen molar-refractivity contribution in [2.45, 2.75) is 0 Å². The minimum absolute atomic E-state index is 0.109. The van der Waals surface area contributed by atoms with Crippen LogP contribution in [-0.2, 0) is 0 Å². The van der Waals surface area contributed by atoms with Gasteiger partial charge in [0.25, 0.3) is 0 Å². The molecular formula is C15H7BrCl2OS. The molecule has 20 heavy (non-hydrogen) atoms. The van der Waals surface area contributed by atoms with Crippen molar-refractivity contribution in [3.05, 3.63) is 67.4 Å². The van der Waals surface area contributed by atoms with Gasteiger partial charge in [0.15, 0.2) is 5.78 Å². The average molecular weight is 386 g/mol. The molecule has 5 heteroatoms. The highest BCUT2D eigenvalue weighted by atomic mass is 79.9. The second-order valence-electron chi connectivity index (χ2n) is 4.22. The first-order valence-electron chi connectivity index (χ1n) is 5.73. The number of hydrogen-bond acceptors (Lipinski definition) is 2. The number of thiophene rings is 1. The van der Waals surface area contributed by atoms with E-state index in [1.807, 2.05) is 23.6 Å². The van der Waals surface area contributed by atoms with Crippen molar-refractivity contribution in [3.8, 4) is 0 Å². The van der Waals surface area contributed by atoms with E-state index < -0.39 is 0 Å². The molecule has 0 saturated carbocycles. The van der Waals surface area contributed by atoms with Crippen LogP contribution >= 0.6 is 50.5 Å². The van der Waals surface area contributed by atoms with Gasteiger partial charge in [-0.3, -0.25) is 4.79 Å². The number of ketones is 1. The van der Waals surface area contributed by atoms with Crippen LogP contribution < -0.4 is 0 Å². The van der Waals surface area contributed by atoms with E-state index in [1.165, 1.54) is 11.3 Å². The van der Waals surface area contributed by atoms with Crippen molar-refractivity contribution < 1.29 is 4.79 Å². The number of fused-ring (bicyclic) bond motifs is 1. The molecule has 0 spiro atoms.